The second-order valence-corrected chi connectivity index (χ2v) is 8.98. The first kappa shape index (κ1) is 23.4. The molecule has 166 valence electrons. The van der Waals surface area contributed by atoms with E-state index in [0.717, 1.165) is 22.3 Å². The standard InChI is InChI=1S/C30H34O2/c1-7-9-21-17-23(11-15-27(21)31)29-25(19(3)4)13-14-26(20(5)6)30(29)24-12-16-28(32)22(18-24)10-8-2/h7-8,11-20,31-32H,1-2,9-10H2,3-6H3. The van der Waals surface area contributed by atoms with Crippen LogP contribution in [0.15, 0.2) is 73.8 Å². The zero-order chi connectivity index (χ0) is 23.4. The lowest BCUT2D eigenvalue weighted by Gasteiger charge is -2.24. The number of rotatable bonds is 8. The average Bonchev–Trinajstić information content (AvgIpc) is 2.76. The minimum absolute atomic E-state index is 0.291. The molecule has 32 heavy (non-hydrogen) atoms. The van der Waals surface area contributed by atoms with E-state index in [0.29, 0.717) is 36.2 Å². The van der Waals surface area contributed by atoms with Crippen molar-refractivity contribution in [3.05, 3.63) is 96.1 Å². The molecule has 3 aromatic rings. The van der Waals surface area contributed by atoms with Crippen LogP contribution in [-0.2, 0) is 12.8 Å². The second kappa shape index (κ2) is 9.91. The molecule has 3 aromatic carbocycles. The van der Waals surface area contributed by atoms with E-state index < -0.39 is 0 Å². The fraction of sp³-hybridized carbons (Fsp3) is 0.267. The second-order valence-electron chi connectivity index (χ2n) is 8.98. The van der Waals surface area contributed by atoms with Crippen LogP contribution < -0.4 is 0 Å². The van der Waals surface area contributed by atoms with E-state index in [2.05, 4.69) is 65.1 Å². The Morgan fingerprint density at radius 3 is 1.34 bits per heavy atom. The van der Waals surface area contributed by atoms with Crippen molar-refractivity contribution in [2.24, 2.45) is 0 Å². The molecular weight excluding hydrogens is 392 g/mol. The molecule has 0 heterocycles. The maximum Gasteiger partial charge on any atom is 0.119 e. The molecule has 2 nitrogen and oxygen atoms in total. The van der Waals surface area contributed by atoms with Gasteiger partial charge in [0.05, 0.1) is 0 Å². The van der Waals surface area contributed by atoms with Crippen molar-refractivity contribution >= 4 is 0 Å². The van der Waals surface area contributed by atoms with Gasteiger partial charge in [-0.1, -0.05) is 64.1 Å². The van der Waals surface area contributed by atoms with Crippen LogP contribution in [0.25, 0.3) is 22.3 Å². The fourth-order valence-electron chi connectivity index (χ4n) is 4.34. The van der Waals surface area contributed by atoms with Crippen LogP contribution in [0.1, 0.15) is 61.8 Å². The van der Waals surface area contributed by atoms with Crippen LogP contribution >= 0.6 is 0 Å². The highest BCUT2D eigenvalue weighted by Crippen LogP contribution is 2.44. The van der Waals surface area contributed by atoms with Gasteiger partial charge >= 0.3 is 0 Å². The first-order chi connectivity index (χ1) is 15.3. The van der Waals surface area contributed by atoms with Gasteiger partial charge in [0, 0.05) is 0 Å². The molecule has 0 fully saturated rings. The van der Waals surface area contributed by atoms with E-state index in [-0.39, 0.29) is 0 Å². The molecule has 3 rings (SSSR count). The lowest BCUT2D eigenvalue weighted by Crippen LogP contribution is -2.02. The monoisotopic (exact) mass is 426 g/mol. The lowest BCUT2D eigenvalue weighted by atomic mass is 9.80. The Morgan fingerprint density at radius 1 is 0.656 bits per heavy atom. The van der Waals surface area contributed by atoms with E-state index in [1.165, 1.54) is 22.3 Å². The molecule has 0 bridgehead atoms. The van der Waals surface area contributed by atoms with Crippen molar-refractivity contribution in [2.75, 3.05) is 0 Å². The van der Waals surface area contributed by atoms with Gasteiger partial charge in [0.2, 0.25) is 0 Å². The molecule has 0 radical (unpaired) electrons. The number of hydrogen-bond acceptors (Lipinski definition) is 2. The van der Waals surface area contributed by atoms with Crippen molar-refractivity contribution in [1.29, 1.82) is 0 Å². The summed E-state index contributed by atoms with van der Waals surface area (Å²) in [5.41, 5.74) is 8.80. The molecule has 2 N–H and O–H groups in total. The predicted octanol–water partition coefficient (Wildman–Crippen LogP) is 8.14. The number of benzene rings is 3. The largest absolute Gasteiger partial charge is 0.508 e. The Balaban J connectivity index is 2.42. The van der Waals surface area contributed by atoms with E-state index in [4.69, 9.17) is 0 Å². The van der Waals surface area contributed by atoms with Crippen molar-refractivity contribution in [2.45, 2.75) is 52.4 Å². The first-order valence-electron chi connectivity index (χ1n) is 11.3. The zero-order valence-electron chi connectivity index (χ0n) is 19.7. The van der Waals surface area contributed by atoms with Gasteiger partial charge in [-0.25, -0.2) is 0 Å². The molecular formula is C30H34O2. The van der Waals surface area contributed by atoms with Crippen LogP contribution in [0, 0.1) is 0 Å². The zero-order valence-corrected chi connectivity index (χ0v) is 19.7. The van der Waals surface area contributed by atoms with Crippen LogP contribution in [0.3, 0.4) is 0 Å². The first-order valence-corrected chi connectivity index (χ1v) is 11.3. The van der Waals surface area contributed by atoms with E-state index in [1.807, 2.05) is 24.3 Å². The van der Waals surface area contributed by atoms with Gasteiger partial charge in [0.15, 0.2) is 0 Å². The molecule has 0 amide bonds. The van der Waals surface area contributed by atoms with Crippen LogP contribution in [0.5, 0.6) is 11.5 Å². The van der Waals surface area contributed by atoms with Gasteiger partial charge in [-0.2, -0.15) is 0 Å². The molecule has 2 heteroatoms. The molecule has 0 atom stereocenters. The Kier molecular flexibility index (Phi) is 7.25. The highest BCUT2D eigenvalue weighted by atomic mass is 16.3. The van der Waals surface area contributed by atoms with E-state index in [1.54, 1.807) is 12.1 Å². The summed E-state index contributed by atoms with van der Waals surface area (Å²) in [6.07, 6.45) is 4.85. The molecule has 0 aliphatic rings. The third-order valence-corrected chi connectivity index (χ3v) is 5.98. The summed E-state index contributed by atoms with van der Waals surface area (Å²) in [5, 5.41) is 20.7. The number of allylic oxidation sites excluding steroid dienone is 2. The normalized spacial score (nSPS) is 11.2. The number of phenols is 2. The quantitative estimate of drug-likeness (QED) is 0.357. The predicted molar refractivity (Wildman–Crippen MR) is 137 cm³/mol. The molecule has 0 aliphatic heterocycles. The number of aromatic hydroxyl groups is 2. The molecule has 0 unspecified atom stereocenters. The van der Waals surface area contributed by atoms with E-state index >= 15 is 0 Å². The lowest BCUT2D eigenvalue weighted by molar-refractivity contribution is 0.469. The van der Waals surface area contributed by atoms with Gasteiger partial charge in [-0.05, 0) is 93.5 Å². The molecule has 0 aliphatic carbocycles. The topological polar surface area (TPSA) is 40.5 Å². The summed E-state index contributed by atoms with van der Waals surface area (Å²) in [4.78, 5) is 0. The Hall–Kier alpha value is -3.26. The van der Waals surface area contributed by atoms with Crippen molar-refractivity contribution in [3.8, 4) is 33.8 Å². The highest BCUT2D eigenvalue weighted by molar-refractivity contribution is 5.89. The fourth-order valence-corrected chi connectivity index (χ4v) is 4.34. The van der Waals surface area contributed by atoms with Gasteiger partial charge in [-0.3, -0.25) is 0 Å². The van der Waals surface area contributed by atoms with Gasteiger partial charge < -0.3 is 10.2 Å². The maximum atomic E-state index is 10.4. The third kappa shape index (κ3) is 4.65. The minimum Gasteiger partial charge on any atom is -0.508 e. The van der Waals surface area contributed by atoms with Gasteiger partial charge in [-0.15, -0.1) is 13.2 Å². The van der Waals surface area contributed by atoms with Crippen LogP contribution in [-0.4, -0.2) is 10.2 Å². The van der Waals surface area contributed by atoms with Crippen molar-refractivity contribution in [3.63, 3.8) is 0 Å². The van der Waals surface area contributed by atoms with Gasteiger partial charge in [0.25, 0.3) is 0 Å². The average molecular weight is 427 g/mol. The van der Waals surface area contributed by atoms with Crippen LogP contribution in [0.2, 0.25) is 0 Å². The van der Waals surface area contributed by atoms with Crippen molar-refractivity contribution in [1.82, 2.24) is 0 Å². The van der Waals surface area contributed by atoms with Gasteiger partial charge in [0.1, 0.15) is 11.5 Å². The summed E-state index contributed by atoms with van der Waals surface area (Å²) < 4.78 is 0. The molecule has 0 saturated carbocycles. The summed E-state index contributed by atoms with van der Waals surface area (Å²) in [7, 11) is 0. The number of hydrogen-bond donors (Lipinski definition) is 2. The summed E-state index contributed by atoms with van der Waals surface area (Å²) in [5.74, 6) is 1.23. The summed E-state index contributed by atoms with van der Waals surface area (Å²) in [6, 6.07) is 16.2. The third-order valence-electron chi connectivity index (χ3n) is 5.98. The summed E-state index contributed by atoms with van der Waals surface area (Å²) in [6.45, 7) is 16.5. The molecule has 0 aromatic heterocycles. The smallest absolute Gasteiger partial charge is 0.119 e. The van der Waals surface area contributed by atoms with E-state index in [9.17, 15) is 10.2 Å². The Labute approximate surface area is 192 Å². The SMILES string of the molecule is C=CCc1cc(-c2c(C(C)C)ccc(C(C)C)c2-c2ccc(O)c(CC=C)c2)ccc1O. The minimum atomic E-state index is 0.291. The molecule has 0 saturated heterocycles. The summed E-state index contributed by atoms with van der Waals surface area (Å²) >= 11 is 0. The number of phenolic OH excluding ortho intramolecular Hbond substituents is 2. The Morgan fingerprint density at radius 2 is 1.03 bits per heavy atom. The van der Waals surface area contributed by atoms with Crippen LogP contribution in [0.4, 0.5) is 0 Å². The van der Waals surface area contributed by atoms with Crippen molar-refractivity contribution < 1.29 is 10.2 Å². The maximum absolute atomic E-state index is 10.4. The Bertz CT molecular complexity index is 1050. The highest BCUT2D eigenvalue weighted by Gasteiger charge is 2.21. The molecule has 0 spiro atoms.